The van der Waals surface area contributed by atoms with Gasteiger partial charge in [-0.2, -0.15) is 0 Å². The molecule has 2 saturated carbocycles. The summed E-state index contributed by atoms with van der Waals surface area (Å²) in [6, 6.07) is 7.22. The molecule has 3 nitrogen and oxygen atoms in total. The van der Waals surface area contributed by atoms with Gasteiger partial charge in [0.05, 0.1) is 6.61 Å². The lowest BCUT2D eigenvalue weighted by Crippen LogP contribution is -2.48. The number of carbonyl (C=O) groups is 1. The van der Waals surface area contributed by atoms with Crippen LogP contribution in [-0.4, -0.2) is 29.5 Å². The van der Waals surface area contributed by atoms with Crippen LogP contribution in [0.5, 0.6) is 5.75 Å². The molecule has 0 atom stereocenters. The van der Waals surface area contributed by atoms with E-state index in [1.165, 1.54) is 75.3 Å². The molecule has 0 saturated heterocycles. The van der Waals surface area contributed by atoms with Gasteiger partial charge in [0.25, 0.3) is 0 Å². The number of para-hydroxylation sites is 1. The Balaban J connectivity index is 1.54. The lowest BCUT2D eigenvalue weighted by atomic mass is 9.88. The van der Waals surface area contributed by atoms with E-state index in [-0.39, 0.29) is 0 Å². The summed E-state index contributed by atoms with van der Waals surface area (Å²) in [5, 5.41) is 0. The van der Waals surface area contributed by atoms with Gasteiger partial charge in [0, 0.05) is 18.5 Å². The number of nitrogens with zero attached hydrogens (tertiary/aromatic N) is 1. The van der Waals surface area contributed by atoms with Gasteiger partial charge in [-0.15, -0.1) is 0 Å². The zero-order valence-corrected chi connectivity index (χ0v) is 17.3. The number of benzene rings is 1. The molecule has 2 fully saturated rings. The molecule has 0 heterocycles. The maximum absolute atomic E-state index is 13.2. The molecule has 0 bridgehead atoms. The van der Waals surface area contributed by atoms with Crippen LogP contribution >= 0.6 is 0 Å². The van der Waals surface area contributed by atoms with E-state index < -0.39 is 0 Å². The molecule has 2 aliphatic carbocycles. The Morgan fingerprint density at radius 2 is 1.44 bits per heavy atom. The Labute approximate surface area is 165 Å². The maximum Gasteiger partial charge on any atom is 0.223 e. The first-order valence-electron chi connectivity index (χ1n) is 11.2. The highest BCUT2D eigenvalue weighted by atomic mass is 16.5. The summed E-state index contributed by atoms with van der Waals surface area (Å²) in [6.45, 7) is 4.79. The van der Waals surface area contributed by atoms with Crippen molar-refractivity contribution in [1.82, 2.24) is 4.90 Å². The van der Waals surface area contributed by atoms with E-state index in [0.29, 0.717) is 31.0 Å². The topological polar surface area (TPSA) is 29.5 Å². The van der Waals surface area contributed by atoms with Gasteiger partial charge < -0.3 is 9.64 Å². The summed E-state index contributed by atoms with van der Waals surface area (Å²) in [5.41, 5.74) is 2.35. The van der Waals surface area contributed by atoms with E-state index in [2.05, 4.69) is 36.9 Å². The van der Waals surface area contributed by atoms with Crippen LogP contribution in [0.3, 0.4) is 0 Å². The fourth-order valence-corrected chi connectivity index (χ4v) is 4.98. The van der Waals surface area contributed by atoms with Crippen LogP contribution in [-0.2, 0) is 4.79 Å². The smallest absolute Gasteiger partial charge is 0.223 e. The third-order valence-corrected chi connectivity index (χ3v) is 6.41. The van der Waals surface area contributed by atoms with Crippen molar-refractivity contribution in [3.63, 3.8) is 0 Å². The molecule has 0 aliphatic heterocycles. The summed E-state index contributed by atoms with van der Waals surface area (Å²) in [4.78, 5) is 15.5. The number of rotatable bonds is 7. The minimum absolute atomic E-state index is 0.374. The van der Waals surface area contributed by atoms with Crippen molar-refractivity contribution < 1.29 is 9.53 Å². The quantitative estimate of drug-likeness (QED) is 0.554. The van der Waals surface area contributed by atoms with Crippen molar-refractivity contribution in [1.29, 1.82) is 0 Å². The molecular weight excluding hydrogens is 334 g/mol. The second kappa shape index (κ2) is 10.1. The van der Waals surface area contributed by atoms with Crippen molar-refractivity contribution >= 4 is 5.91 Å². The number of hydrogen-bond donors (Lipinski definition) is 0. The van der Waals surface area contributed by atoms with Gasteiger partial charge in [-0.3, -0.25) is 4.79 Å². The lowest BCUT2D eigenvalue weighted by molar-refractivity contribution is -0.138. The molecule has 0 unspecified atom stereocenters. The van der Waals surface area contributed by atoms with Gasteiger partial charge in [0.2, 0.25) is 5.91 Å². The van der Waals surface area contributed by atoms with Crippen molar-refractivity contribution in [3.05, 3.63) is 29.3 Å². The summed E-state index contributed by atoms with van der Waals surface area (Å²) < 4.78 is 6.02. The van der Waals surface area contributed by atoms with E-state index in [1.54, 1.807) is 0 Å². The second-order valence-electron chi connectivity index (χ2n) is 8.56. The highest BCUT2D eigenvalue weighted by Gasteiger charge is 2.31. The van der Waals surface area contributed by atoms with Crippen molar-refractivity contribution in [2.45, 2.75) is 103 Å². The first-order chi connectivity index (χ1) is 13.2. The summed E-state index contributed by atoms with van der Waals surface area (Å²) in [6.07, 6.45) is 14.1. The Hall–Kier alpha value is -1.51. The molecule has 1 aromatic rings. The molecule has 2 aliphatic rings. The Morgan fingerprint density at radius 3 is 1.96 bits per heavy atom. The van der Waals surface area contributed by atoms with Crippen molar-refractivity contribution in [2.75, 3.05) is 6.61 Å². The van der Waals surface area contributed by atoms with Gasteiger partial charge in [0.1, 0.15) is 5.75 Å². The molecule has 150 valence electrons. The van der Waals surface area contributed by atoms with Gasteiger partial charge in [0.15, 0.2) is 0 Å². The average Bonchev–Trinajstić information content (AvgIpc) is 2.69. The van der Waals surface area contributed by atoms with Gasteiger partial charge in [-0.05, 0) is 57.1 Å². The molecule has 0 N–H and O–H groups in total. The van der Waals surface area contributed by atoms with Crippen LogP contribution in [0.2, 0.25) is 0 Å². The van der Waals surface area contributed by atoms with Crippen LogP contribution in [0, 0.1) is 13.8 Å². The Kier molecular flexibility index (Phi) is 7.60. The molecule has 3 rings (SSSR count). The molecule has 0 radical (unpaired) electrons. The largest absolute Gasteiger partial charge is 0.493 e. The fourth-order valence-electron chi connectivity index (χ4n) is 4.98. The van der Waals surface area contributed by atoms with Crippen LogP contribution in [0.15, 0.2) is 18.2 Å². The van der Waals surface area contributed by atoms with E-state index in [1.807, 2.05) is 0 Å². The Morgan fingerprint density at radius 1 is 0.926 bits per heavy atom. The minimum atomic E-state index is 0.374. The van der Waals surface area contributed by atoms with Crippen LogP contribution < -0.4 is 4.74 Å². The summed E-state index contributed by atoms with van der Waals surface area (Å²) in [7, 11) is 0. The van der Waals surface area contributed by atoms with E-state index >= 15 is 0 Å². The predicted molar refractivity (Wildman–Crippen MR) is 111 cm³/mol. The molecule has 1 aromatic carbocycles. The van der Waals surface area contributed by atoms with Crippen LogP contribution in [0.25, 0.3) is 0 Å². The summed E-state index contributed by atoms with van der Waals surface area (Å²) >= 11 is 0. The maximum atomic E-state index is 13.2. The number of amides is 1. The first-order valence-corrected chi connectivity index (χ1v) is 11.2. The molecule has 0 spiro atoms. The van der Waals surface area contributed by atoms with Gasteiger partial charge in [-0.1, -0.05) is 56.7 Å². The first kappa shape index (κ1) is 20.2. The standard InChI is InChI=1S/C24H37NO2/c1-19-11-9-12-20(2)24(19)27-18-10-17-23(26)25(21-13-5-3-6-14-21)22-15-7-4-8-16-22/h9,11-12,21-22H,3-8,10,13-18H2,1-2H3. The minimum Gasteiger partial charge on any atom is -0.493 e. The third-order valence-electron chi connectivity index (χ3n) is 6.41. The molecular formula is C24H37NO2. The average molecular weight is 372 g/mol. The number of hydrogen-bond acceptors (Lipinski definition) is 2. The summed E-state index contributed by atoms with van der Waals surface area (Å²) in [5.74, 6) is 1.36. The zero-order chi connectivity index (χ0) is 19.1. The molecule has 0 aromatic heterocycles. The third kappa shape index (κ3) is 5.49. The number of aryl methyl sites for hydroxylation is 2. The lowest BCUT2D eigenvalue weighted by Gasteiger charge is -2.42. The van der Waals surface area contributed by atoms with Gasteiger partial charge in [-0.25, -0.2) is 0 Å². The van der Waals surface area contributed by atoms with E-state index in [4.69, 9.17) is 4.74 Å². The highest BCUT2D eigenvalue weighted by Crippen LogP contribution is 2.31. The second-order valence-corrected chi connectivity index (χ2v) is 8.56. The highest BCUT2D eigenvalue weighted by molar-refractivity contribution is 5.77. The van der Waals surface area contributed by atoms with Gasteiger partial charge >= 0.3 is 0 Å². The normalized spacial score (nSPS) is 19.0. The molecule has 27 heavy (non-hydrogen) atoms. The van der Waals surface area contributed by atoms with E-state index in [9.17, 15) is 4.79 Å². The van der Waals surface area contributed by atoms with Crippen molar-refractivity contribution in [3.8, 4) is 5.75 Å². The Bertz CT molecular complexity index is 562. The van der Waals surface area contributed by atoms with Crippen LogP contribution in [0.4, 0.5) is 0 Å². The zero-order valence-electron chi connectivity index (χ0n) is 17.3. The monoisotopic (exact) mass is 371 g/mol. The molecule has 1 amide bonds. The predicted octanol–water partition coefficient (Wildman–Crippen LogP) is 5.96. The SMILES string of the molecule is Cc1cccc(C)c1OCCCC(=O)N(C1CCCCC1)C1CCCCC1. The van der Waals surface area contributed by atoms with Crippen molar-refractivity contribution in [2.24, 2.45) is 0 Å². The van der Waals surface area contributed by atoms with E-state index in [0.717, 1.165) is 12.2 Å². The fraction of sp³-hybridized carbons (Fsp3) is 0.708. The van der Waals surface area contributed by atoms with Crippen LogP contribution in [0.1, 0.15) is 88.2 Å². The number of carbonyl (C=O) groups excluding carboxylic acids is 1. The number of ether oxygens (including phenoxy) is 1. The molecule has 3 heteroatoms.